The molecule has 1 saturated carbocycles. The Kier molecular flexibility index (Phi) is 7.10. The van der Waals surface area contributed by atoms with Crippen molar-refractivity contribution in [3.05, 3.63) is 29.8 Å². The summed E-state index contributed by atoms with van der Waals surface area (Å²) in [5.74, 6) is -0.282. The number of likely N-dealkylation sites (tertiary alicyclic amines) is 1. The van der Waals surface area contributed by atoms with E-state index < -0.39 is 0 Å². The maximum Gasteiger partial charge on any atom is 0.338 e. The minimum absolute atomic E-state index is 0.0556. The van der Waals surface area contributed by atoms with Crippen LogP contribution in [-0.2, 0) is 9.47 Å². The van der Waals surface area contributed by atoms with Crippen molar-refractivity contribution in [1.29, 1.82) is 0 Å². The molecule has 2 amide bonds. The predicted molar refractivity (Wildman–Crippen MR) is 104 cm³/mol. The lowest BCUT2D eigenvalue weighted by Crippen LogP contribution is -2.46. The van der Waals surface area contributed by atoms with Gasteiger partial charge in [0.05, 0.1) is 5.56 Å². The van der Waals surface area contributed by atoms with E-state index in [-0.39, 0.29) is 24.1 Å². The Hall–Kier alpha value is -2.08. The monoisotopic (exact) mass is 374 g/mol. The lowest BCUT2D eigenvalue weighted by atomic mass is 10.00. The molecule has 148 valence electrons. The number of urea groups is 1. The van der Waals surface area contributed by atoms with Crippen molar-refractivity contribution in [2.45, 2.75) is 63.5 Å². The highest BCUT2D eigenvalue weighted by Crippen LogP contribution is 2.23. The third kappa shape index (κ3) is 5.45. The second-order valence-electron chi connectivity index (χ2n) is 7.44. The zero-order valence-electron chi connectivity index (χ0n) is 16.1. The lowest BCUT2D eigenvalue weighted by Gasteiger charge is -2.35. The summed E-state index contributed by atoms with van der Waals surface area (Å²) in [4.78, 5) is 26.8. The molecule has 1 N–H and O–H groups in total. The van der Waals surface area contributed by atoms with Gasteiger partial charge < -0.3 is 19.7 Å². The number of nitrogens with zero attached hydrogens (tertiary/aromatic N) is 1. The summed E-state index contributed by atoms with van der Waals surface area (Å²) < 4.78 is 10.7. The number of carbonyl (C=O) groups excluding carboxylic acids is 2. The number of carbonyl (C=O) groups is 2. The second-order valence-corrected chi connectivity index (χ2v) is 7.44. The van der Waals surface area contributed by atoms with Crippen LogP contribution in [0.4, 0.5) is 10.5 Å². The Labute approximate surface area is 161 Å². The van der Waals surface area contributed by atoms with Gasteiger partial charge in [-0.1, -0.05) is 0 Å². The Morgan fingerprint density at radius 2 is 1.78 bits per heavy atom. The van der Waals surface area contributed by atoms with Crippen LogP contribution in [0.1, 0.15) is 61.7 Å². The van der Waals surface area contributed by atoms with Crippen molar-refractivity contribution in [2.75, 3.05) is 25.6 Å². The number of hydrogen-bond acceptors (Lipinski definition) is 4. The van der Waals surface area contributed by atoms with E-state index >= 15 is 0 Å². The Bertz CT molecular complexity index is 626. The first-order chi connectivity index (χ1) is 13.2. The minimum Gasteiger partial charge on any atom is -0.459 e. The molecule has 27 heavy (non-hydrogen) atoms. The number of anilines is 1. The number of rotatable bonds is 6. The molecule has 1 aliphatic heterocycles. The molecule has 6 heteroatoms. The number of ether oxygens (including phenoxy) is 2. The summed E-state index contributed by atoms with van der Waals surface area (Å²) in [5, 5.41) is 2.95. The van der Waals surface area contributed by atoms with Crippen LogP contribution >= 0.6 is 0 Å². The zero-order chi connectivity index (χ0) is 19.1. The molecule has 1 heterocycles. The summed E-state index contributed by atoms with van der Waals surface area (Å²) in [6, 6.07) is 7.09. The van der Waals surface area contributed by atoms with E-state index in [0.717, 1.165) is 57.9 Å². The summed E-state index contributed by atoms with van der Waals surface area (Å²) in [6.07, 6.45) is 8.28. The van der Waals surface area contributed by atoms with Crippen molar-refractivity contribution >= 4 is 17.7 Å². The van der Waals surface area contributed by atoms with Gasteiger partial charge in [0, 0.05) is 32.0 Å². The molecule has 2 aliphatic rings. The summed E-state index contributed by atoms with van der Waals surface area (Å²) in [5.41, 5.74) is 1.21. The number of piperidine rings is 1. The van der Waals surface area contributed by atoms with Crippen molar-refractivity contribution in [2.24, 2.45) is 0 Å². The maximum absolute atomic E-state index is 12.7. The molecular formula is C21H30N2O4. The fourth-order valence-corrected chi connectivity index (χ4v) is 3.93. The standard InChI is InChI=1S/C21H30N2O4/c1-26-15-13-18-6-4-5-14-23(18)21(25)22-17-11-9-16(10-12-17)20(24)27-19-7-2-3-8-19/h9-12,18-19H,2-8,13-15H2,1H3,(H,22,25). The molecule has 1 aromatic rings. The van der Waals surface area contributed by atoms with Crippen LogP contribution in [0.25, 0.3) is 0 Å². The second kappa shape index (κ2) is 9.74. The van der Waals surface area contributed by atoms with Crippen LogP contribution in [-0.4, -0.2) is 49.3 Å². The molecule has 1 unspecified atom stereocenters. The fourth-order valence-electron chi connectivity index (χ4n) is 3.93. The van der Waals surface area contributed by atoms with Crippen LogP contribution in [0.3, 0.4) is 0 Å². The molecule has 3 rings (SSSR count). The zero-order valence-corrected chi connectivity index (χ0v) is 16.1. The largest absolute Gasteiger partial charge is 0.459 e. The van der Waals surface area contributed by atoms with Crippen molar-refractivity contribution < 1.29 is 19.1 Å². The van der Waals surface area contributed by atoms with E-state index in [1.807, 2.05) is 4.90 Å². The van der Waals surface area contributed by atoms with Gasteiger partial charge >= 0.3 is 12.0 Å². The van der Waals surface area contributed by atoms with Crippen LogP contribution in [0.5, 0.6) is 0 Å². The van der Waals surface area contributed by atoms with Crippen molar-refractivity contribution in [3.8, 4) is 0 Å². The van der Waals surface area contributed by atoms with Gasteiger partial charge in [-0.3, -0.25) is 0 Å². The molecule has 1 aliphatic carbocycles. The number of methoxy groups -OCH3 is 1. The molecule has 0 spiro atoms. The van der Waals surface area contributed by atoms with Gasteiger partial charge in [-0.15, -0.1) is 0 Å². The Balaban J connectivity index is 1.55. The fraction of sp³-hybridized carbons (Fsp3) is 0.619. The molecule has 0 radical (unpaired) electrons. The summed E-state index contributed by atoms with van der Waals surface area (Å²) in [6.45, 7) is 1.43. The van der Waals surface area contributed by atoms with Crippen LogP contribution in [0, 0.1) is 0 Å². The van der Waals surface area contributed by atoms with Crippen LogP contribution < -0.4 is 5.32 Å². The average Bonchev–Trinajstić information content (AvgIpc) is 3.20. The summed E-state index contributed by atoms with van der Waals surface area (Å²) in [7, 11) is 1.69. The highest BCUT2D eigenvalue weighted by molar-refractivity contribution is 5.92. The highest BCUT2D eigenvalue weighted by atomic mass is 16.5. The van der Waals surface area contributed by atoms with Gasteiger partial charge in [0.25, 0.3) is 0 Å². The SMILES string of the molecule is COCCC1CCCCN1C(=O)Nc1ccc(C(=O)OC2CCCC2)cc1. The smallest absolute Gasteiger partial charge is 0.338 e. The van der Waals surface area contributed by atoms with E-state index in [9.17, 15) is 9.59 Å². The molecule has 6 nitrogen and oxygen atoms in total. The van der Waals surface area contributed by atoms with Gasteiger partial charge in [-0.25, -0.2) is 9.59 Å². The molecule has 1 saturated heterocycles. The number of esters is 1. The first-order valence-electron chi connectivity index (χ1n) is 10.0. The van der Waals surface area contributed by atoms with Gasteiger partial charge in [0.2, 0.25) is 0 Å². The Morgan fingerprint density at radius 3 is 2.48 bits per heavy atom. The molecular weight excluding hydrogens is 344 g/mol. The van der Waals surface area contributed by atoms with Gasteiger partial charge in [-0.2, -0.15) is 0 Å². The average molecular weight is 374 g/mol. The first kappa shape index (κ1) is 19.7. The van der Waals surface area contributed by atoms with Gasteiger partial charge in [0.15, 0.2) is 0 Å². The normalized spacial score (nSPS) is 20.5. The van der Waals surface area contributed by atoms with Crippen LogP contribution in [0.15, 0.2) is 24.3 Å². The van der Waals surface area contributed by atoms with Crippen molar-refractivity contribution in [3.63, 3.8) is 0 Å². The molecule has 1 aromatic carbocycles. The van der Waals surface area contributed by atoms with E-state index in [0.29, 0.717) is 17.9 Å². The van der Waals surface area contributed by atoms with E-state index in [1.165, 1.54) is 0 Å². The number of nitrogens with one attached hydrogen (secondary N) is 1. The molecule has 2 fully saturated rings. The van der Waals surface area contributed by atoms with Gasteiger partial charge in [-0.05, 0) is 75.6 Å². The molecule has 0 aromatic heterocycles. The molecule has 1 atom stereocenters. The number of benzene rings is 1. The number of amides is 2. The Morgan fingerprint density at radius 1 is 1.07 bits per heavy atom. The minimum atomic E-state index is -0.282. The third-order valence-corrected chi connectivity index (χ3v) is 5.49. The van der Waals surface area contributed by atoms with E-state index in [1.54, 1.807) is 31.4 Å². The van der Waals surface area contributed by atoms with Crippen LogP contribution in [0.2, 0.25) is 0 Å². The van der Waals surface area contributed by atoms with E-state index in [2.05, 4.69) is 5.32 Å². The summed E-state index contributed by atoms with van der Waals surface area (Å²) >= 11 is 0. The third-order valence-electron chi connectivity index (χ3n) is 5.49. The maximum atomic E-state index is 12.7. The highest BCUT2D eigenvalue weighted by Gasteiger charge is 2.26. The van der Waals surface area contributed by atoms with Crippen molar-refractivity contribution in [1.82, 2.24) is 4.90 Å². The number of hydrogen-bond donors (Lipinski definition) is 1. The lowest BCUT2D eigenvalue weighted by molar-refractivity contribution is 0.0318. The van der Waals surface area contributed by atoms with E-state index in [4.69, 9.17) is 9.47 Å². The quantitative estimate of drug-likeness (QED) is 0.758. The first-order valence-corrected chi connectivity index (χ1v) is 10.0. The molecule has 0 bridgehead atoms. The topological polar surface area (TPSA) is 67.9 Å². The van der Waals surface area contributed by atoms with Gasteiger partial charge in [0.1, 0.15) is 6.10 Å². The predicted octanol–water partition coefficient (Wildman–Crippen LogP) is 4.21.